The summed E-state index contributed by atoms with van der Waals surface area (Å²) in [6.45, 7) is 15.6. The standard InChI is InChI=1S/C30H31N5O7/c1-6-20-19-11-17(4)16-30(20,31)21-9-10-26(33-22(21)15-19)41-29(38)42-27-24(35(39)40)13-18(14-25(27)36)12-23(32-5)28(37)34(7-2)8-3/h6,9-14,19,36H,7-8,15-16,31H2,1-4H3/b20-6+,23-12-/t19-,30?/m1/s1. The summed E-state index contributed by atoms with van der Waals surface area (Å²) in [6.07, 6.45) is 5.15. The zero-order chi connectivity index (χ0) is 30.8. The van der Waals surface area contributed by atoms with Crippen LogP contribution in [0.2, 0.25) is 0 Å². The summed E-state index contributed by atoms with van der Waals surface area (Å²) in [5, 5.41) is 22.3. The quantitative estimate of drug-likeness (QED) is 0.0880. The number of likely N-dealkylation sites (N-methyl/N-ethyl adjacent to an activating group) is 1. The van der Waals surface area contributed by atoms with Gasteiger partial charge in [-0.25, -0.2) is 14.6 Å². The number of allylic oxidation sites excluding steroid dienone is 2. The predicted octanol–water partition coefficient (Wildman–Crippen LogP) is 5.02. The third-order valence-corrected chi connectivity index (χ3v) is 7.45. The normalized spacial score (nSPS) is 20.2. The molecule has 1 aromatic heterocycles. The number of benzene rings is 1. The van der Waals surface area contributed by atoms with Crippen LogP contribution in [0.15, 0.2) is 53.3 Å². The third kappa shape index (κ3) is 5.59. The largest absolute Gasteiger partial charge is 0.521 e. The van der Waals surface area contributed by atoms with Crippen molar-refractivity contribution in [1.82, 2.24) is 9.88 Å². The minimum Gasteiger partial charge on any atom is -0.504 e. The molecule has 12 heteroatoms. The number of phenolic OH excluding ortho intramolecular Hbond substituents is 1. The molecule has 3 N–H and O–H groups in total. The Labute approximate surface area is 242 Å². The number of hydrogen-bond donors (Lipinski definition) is 2. The molecule has 0 aliphatic heterocycles. The first-order chi connectivity index (χ1) is 19.9. The maximum Gasteiger partial charge on any atom is 0.521 e. The fourth-order valence-electron chi connectivity index (χ4n) is 5.67. The van der Waals surface area contributed by atoms with E-state index in [1.807, 2.05) is 19.9 Å². The van der Waals surface area contributed by atoms with Gasteiger partial charge in [-0.1, -0.05) is 17.7 Å². The van der Waals surface area contributed by atoms with E-state index in [1.165, 1.54) is 16.5 Å². The molecule has 12 nitrogen and oxygen atoms in total. The van der Waals surface area contributed by atoms with Crippen LogP contribution in [0.5, 0.6) is 17.4 Å². The van der Waals surface area contributed by atoms with Crippen LogP contribution in [0, 0.1) is 22.6 Å². The molecule has 0 spiro atoms. The molecule has 0 saturated heterocycles. The number of phenols is 1. The van der Waals surface area contributed by atoms with Gasteiger partial charge >= 0.3 is 11.8 Å². The van der Waals surface area contributed by atoms with Crippen LogP contribution in [0.3, 0.4) is 0 Å². The average Bonchev–Trinajstić information content (AvgIpc) is 2.92. The van der Waals surface area contributed by atoms with E-state index < -0.39 is 39.7 Å². The van der Waals surface area contributed by atoms with Crippen molar-refractivity contribution in [2.75, 3.05) is 13.1 Å². The van der Waals surface area contributed by atoms with E-state index in [1.54, 1.807) is 19.9 Å². The van der Waals surface area contributed by atoms with E-state index >= 15 is 0 Å². The molecule has 1 unspecified atom stereocenters. The summed E-state index contributed by atoms with van der Waals surface area (Å²) in [6, 6.07) is 5.24. The number of aromatic hydroxyl groups is 1. The molecule has 42 heavy (non-hydrogen) atoms. The molecule has 2 aromatic rings. The van der Waals surface area contributed by atoms with Crippen LogP contribution in [0.4, 0.5) is 10.5 Å². The number of amides is 1. The first kappa shape index (κ1) is 30.0. The summed E-state index contributed by atoms with van der Waals surface area (Å²) < 4.78 is 10.3. The number of nitrogens with two attached hydrogens (primary N) is 1. The van der Waals surface area contributed by atoms with Crippen LogP contribution in [0.1, 0.15) is 50.9 Å². The number of carbonyl (C=O) groups is 2. The van der Waals surface area contributed by atoms with Gasteiger partial charge in [-0.15, -0.1) is 0 Å². The number of nitrogens with zero attached hydrogens (tertiary/aromatic N) is 4. The second kappa shape index (κ2) is 11.8. The Morgan fingerprint density at radius 3 is 2.64 bits per heavy atom. The monoisotopic (exact) mass is 573 g/mol. The number of fused-ring (bicyclic) bond motifs is 4. The van der Waals surface area contributed by atoms with Gasteiger partial charge in [0.25, 0.3) is 17.4 Å². The molecule has 4 rings (SSSR count). The fraction of sp³-hybridized carbons (Fsp3) is 0.333. The summed E-state index contributed by atoms with van der Waals surface area (Å²) in [5.41, 5.74) is 8.86. The highest BCUT2D eigenvalue weighted by atomic mass is 16.7. The van der Waals surface area contributed by atoms with E-state index in [0.29, 0.717) is 31.6 Å². The zero-order valence-electron chi connectivity index (χ0n) is 23.7. The molecule has 0 fully saturated rings. The molecule has 1 amide bonds. The SMILES string of the molecule is [C-]#[N+]/C(=C\c1cc(O)c(OC(=O)Oc2ccc3c(n2)C[C@H]2C=C(C)CC3(N)/C2=C/C)c([N+](=O)[O-])c1)C(=O)N(CC)CC. The molecule has 1 heterocycles. The number of pyridine rings is 1. The molecule has 2 aliphatic rings. The summed E-state index contributed by atoms with van der Waals surface area (Å²) in [4.78, 5) is 45.3. The van der Waals surface area contributed by atoms with Crippen molar-refractivity contribution in [3.8, 4) is 17.4 Å². The minimum absolute atomic E-state index is 0.00572. The molecular weight excluding hydrogens is 542 g/mol. The maximum absolute atomic E-state index is 12.7. The van der Waals surface area contributed by atoms with E-state index in [4.69, 9.17) is 21.8 Å². The highest BCUT2D eigenvalue weighted by Gasteiger charge is 2.44. The number of nitro groups is 1. The van der Waals surface area contributed by atoms with Crippen molar-refractivity contribution >= 4 is 23.8 Å². The number of nitro benzene ring substituents is 1. The number of hydrogen-bond acceptors (Lipinski definition) is 9. The van der Waals surface area contributed by atoms with Gasteiger partial charge in [0.15, 0.2) is 5.75 Å². The van der Waals surface area contributed by atoms with Gasteiger partial charge in [0.1, 0.15) is 0 Å². The molecule has 2 bridgehead atoms. The van der Waals surface area contributed by atoms with Gasteiger partial charge in [-0.05, 0) is 69.0 Å². The van der Waals surface area contributed by atoms with Gasteiger partial charge in [-0.3, -0.25) is 14.9 Å². The highest BCUT2D eigenvalue weighted by Crippen LogP contribution is 2.48. The lowest BCUT2D eigenvalue weighted by atomic mass is 9.63. The van der Waals surface area contributed by atoms with Crippen molar-refractivity contribution in [3.63, 3.8) is 0 Å². The lowest BCUT2D eigenvalue weighted by Crippen LogP contribution is -2.47. The Morgan fingerprint density at radius 1 is 1.31 bits per heavy atom. The van der Waals surface area contributed by atoms with Gasteiger partial charge in [0.2, 0.25) is 5.88 Å². The number of aromatic nitrogens is 1. The third-order valence-electron chi connectivity index (χ3n) is 7.45. The lowest BCUT2D eigenvalue weighted by Gasteiger charge is -2.45. The molecule has 2 atom stereocenters. The van der Waals surface area contributed by atoms with Crippen LogP contribution in [-0.4, -0.2) is 45.1 Å². The average molecular weight is 574 g/mol. The number of carbonyl (C=O) groups excluding carboxylic acids is 2. The first-order valence-corrected chi connectivity index (χ1v) is 13.4. The highest BCUT2D eigenvalue weighted by molar-refractivity contribution is 5.99. The fourth-order valence-corrected chi connectivity index (χ4v) is 5.67. The summed E-state index contributed by atoms with van der Waals surface area (Å²) >= 11 is 0. The number of ether oxygens (including phenoxy) is 2. The molecule has 0 radical (unpaired) electrons. The predicted molar refractivity (Wildman–Crippen MR) is 153 cm³/mol. The summed E-state index contributed by atoms with van der Waals surface area (Å²) in [5.74, 6) is -2.11. The Kier molecular flexibility index (Phi) is 8.44. The Balaban J connectivity index is 1.58. The van der Waals surface area contributed by atoms with Gasteiger partial charge < -0.3 is 25.2 Å². The van der Waals surface area contributed by atoms with Gasteiger partial charge in [0, 0.05) is 37.6 Å². The van der Waals surface area contributed by atoms with Crippen molar-refractivity contribution in [3.05, 3.63) is 91.6 Å². The van der Waals surface area contributed by atoms with Gasteiger partial charge in [-0.2, -0.15) is 0 Å². The Hall–Kier alpha value is -5.02. The maximum atomic E-state index is 12.7. The van der Waals surface area contributed by atoms with Crippen LogP contribution in [-0.2, 0) is 16.8 Å². The lowest BCUT2D eigenvalue weighted by molar-refractivity contribution is -0.385. The Bertz CT molecular complexity index is 1600. The van der Waals surface area contributed by atoms with Crippen LogP contribution in [0.25, 0.3) is 10.9 Å². The topological polar surface area (TPSA) is 162 Å². The van der Waals surface area contributed by atoms with E-state index in [0.717, 1.165) is 29.3 Å². The second-order valence-electron chi connectivity index (χ2n) is 10.1. The molecular formula is C30H31N5O7. The molecule has 1 aromatic carbocycles. The van der Waals surface area contributed by atoms with Crippen LogP contribution < -0.4 is 15.2 Å². The number of rotatable bonds is 7. The smallest absolute Gasteiger partial charge is 0.504 e. The van der Waals surface area contributed by atoms with E-state index in [9.17, 15) is 24.8 Å². The van der Waals surface area contributed by atoms with E-state index in [-0.39, 0.29) is 23.1 Å². The Morgan fingerprint density at radius 2 is 2.02 bits per heavy atom. The van der Waals surface area contributed by atoms with E-state index in [2.05, 4.69) is 15.9 Å². The van der Waals surface area contributed by atoms with Crippen molar-refractivity contribution in [2.45, 2.75) is 46.1 Å². The second-order valence-corrected chi connectivity index (χ2v) is 10.1. The van der Waals surface area contributed by atoms with Crippen molar-refractivity contribution in [1.29, 1.82) is 0 Å². The van der Waals surface area contributed by atoms with Crippen molar-refractivity contribution in [2.24, 2.45) is 11.7 Å². The summed E-state index contributed by atoms with van der Waals surface area (Å²) in [7, 11) is 0. The first-order valence-electron chi connectivity index (χ1n) is 13.4. The van der Waals surface area contributed by atoms with Crippen LogP contribution >= 0.6 is 0 Å². The molecule has 0 saturated carbocycles. The zero-order valence-corrected chi connectivity index (χ0v) is 23.7. The molecule has 218 valence electrons. The molecule has 2 aliphatic carbocycles. The van der Waals surface area contributed by atoms with Gasteiger partial charge in [0.05, 0.1) is 22.7 Å². The van der Waals surface area contributed by atoms with Crippen molar-refractivity contribution < 1.29 is 29.1 Å². The minimum atomic E-state index is -1.36.